The summed E-state index contributed by atoms with van der Waals surface area (Å²) < 4.78 is 5.63. The van der Waals surface area contributed by atoms with Gasteiger partial charge in [-0.05, 0) is 31.0 Å². The third-order valence-corrected chi connectivity index (χ3v) is 4.67. The van der Waals surface area contributed by atoms with Gasteiger partial charge in [0.15, 0.2) is 5.82 Å². The second-order valence-corrected chi connectivity index (χ2v) is 6.62. The van der Waals surface area contributed by atoms with Gasteiger partial charge in [-0.2, -0.15) is 0 Å². The number of aromatic nitrogens is 3. The zero-order valence-electron chi connectivity index (χ0n) is 14.8. The molecule has 2 aromatic heterocycles. The summed E-state index contributed by atoms with van der Waals surface area (Å²) in [5, 5.41) is 3.64. The van der Waals surface area contributed by atoms with Crippen LogP contribution >= 0.6 is 0 Å². The van der Waals surface area contributed by atoms with E-state index in [1.54, 1.807) is 12.4 Å². The number of nitrogens with one attached hydrogen (secondary N) is 1. The van der Waals surface area contributed by atoms with Gasteiger partial charge in [-0.1, -0.05) is 30.3 Å². The molecule has 5 heteroatoms. The molecular formula is C21H22N4O. The van der Waals surface area contributed by atoms with Crippen molar-refractivity contribution in [2.24, 2.45) is 5.92 Å². The smallest absolute Gasteiger partial charge is 0.163 e. The van der Waals surface area contributed by atoms with Crippen molar-refractivity contribution in [3.8, 4) is 11.4 Å². The van der Waals surface area contributed by atoms with Gasteiger partial charge in [0.2, 0.25) is 0 Å². The van der Waals surface area contributed by atoms with E-state index in [-0.39, 0.29) is 6.04 Å². The molecule has 1 aliphatic rings. The van der Waals surface area contributed by atoms with E-state index in [9.17, 15) is 0 Å². The Hall–Kier alpha value is -2.79. The van der Waals surface area contributed by atoms with Crippen molar-refractivity contribution in [2.45, 2.75) is 19.4 Å². The molecule has 3 heterocycles. The molecule has 1 N–H and O–H groups in total. The fourth-order valence-corrected chi connectivity index (χ4v) is 3.38. The summed E-state index contributed by atoms with van der Waals surface area (Å²) in [6.45, 7) is 3.58. The van der Waals surface area contributed by atoms with Crippen LogP contribution in [0.3, 0.4) is 0 Å². The van der Waals surface area contributed by atoms with Gasteiger partial charge in [0.1, 0.15) is 5.82 Å². The molecule has 1 aromatic carbocycles. The average Bonchev–Trinajstić information content (AvgIpc) is 3.21. The van der Waals surface area contributed by atoms with E-state index in [2.05, 4.69) is 39.6 Å². The number of ether oxygens (including phenoxy) is 1. The van der Waals surface area contributed by atoms with Gasteiger partial charge in [0.25, 0.3) is 0 Å². The normalized spacial score (nSPS) is 17.8. The first kappa shape index (κ1) is 16.7. The highest BCUT2D eigenvalue weighted by Crippen LogP contribution is 2.32. The molecule has 0 aliphatic carbocycles. The summed E-state index contributed by atoms with van der Waals surface area (Å²) in [6.07, 6.45) is 4.59. The minimum absolute atomic E-state index is 0.162. The van der Waals surface area contributed by atoms with Gasteiger partial charge in [0.05, 0.1) is 12.6 Å². The van der Waals surface area contributed by atoms with Gasteiger partial charge >= 0.3 is 0 Å². The highest BCUT2D eigenvalue weighted by atomic mass is 16.5. The Labute approximate surface area is 153 Å². The van der Waals surface area contributed by atoms with E-state index in [0.29, 0.717) is 11.7 Å². The van der Waals surface area contributed by atoms with E-state index in [4.69, 9.17) is 9.72 Å². The highest BCUT2D eigenvalue weighted by molar-refractivity contribution is 5.56. The van der Waals surface area contributed by atoms with Crippen LogP contribution in [0, 0.1) is 12.8 Å². The summed E-state index contributed by atoms with van der Waals surface area (Å²) in [5.74, 6) is 1.95. The summed E-state index contributed by atoms with van der Waals surface area (Å²) >= 11 is 0. The van der Waals surface area contributed by atoms with Crippen molar-refractivity contribution in [3.05, 3.63) is 72.2 Å². The Bertz CT molecular complexity index is 848. The number of hydrogen-bond donors (Lipinski definition) is 1. The molecule has 2 atom stereocenters. The number of nitrogens with zero attached hydrogens (tertiary/aromatic N) is 3. The maximum absolute atomic E-state index is 5.63. The molecule has 1 aliphatic heterocycles. The molecule has 3 aromatic rings. The minimum Gasteiger partial charge on any atom is -0.381 e. The molecule has 0 saturated carbocycles. The van der Waals surface area contributed by atoms with Crippen molar-refractivity contribution >= 4 is 5.82 Å². The topological polar surface area (TPSA) is 59.9 Å². The van der Waals surface area contributed by atoms with Crippen LogP contribution in [0.15, 0.2) is 60.9 Å². The third-order valence-electron chi connectivity index (χ3n) is 4.67. The number of aryl methyl sites for hydroxylation is 1. The quantitative estimate of drug-likeness (QED) is 0.755. The highest BCUT2D eigenvalue weighted by Gasteiger charge is 2.27. The second-order valence-electron chi connectivity index (χ2n) is 6.62. The first-order chi connectivity index (χ1) is 12.8. The Kier molecular flexibility index (Phi) is 4.88. The monoisotopic (exact) mass is 346 g/mol. The van der Waals surface area contributed by atoms with Gasteiger partial charge in [-0.15, -0.1) is 0 Å². The summed E-state index contributed by atoms with van der Waals surface area (Å²) in [6, 6.07) is 16.5. The molecule has 0 radical (unpaired) electrons. The number of hydrogen-bond acceptors (Lipinski definition) is 5. The number of pyridine rings is 1. The first-order valence-corrected chi connectivity index (χ1v) is 8.95. The van der Waals surface area contributed by atoms with Crippen LogP contribution in [0.2, 0.25) is 0 Å². The largest absolute Gasteiger partial charge is 0.381 e. The minimum atomic E-state index is 0.162. The summed E-state index contributed by atoms with van der Waals surface area (Å²) in [4.78, 5) is 13.5. The molecule has 0 amide bonds. The second kappa shape index (κ2) is 7.62. The summed E-state index contributed by atoms with van der Waals surface area (Å²) in [5.41, 5.74) is 3.10. The van der Waals surface area contributed by atoms with Gasteiger partial charge in [0, 0.05) is 42.2 Å². The van der Waals surface area contributed by atoms with Crippen LogP contribution in [0.1, 0.15) is 23.7 Å². The Morgan fingerprint density at radius 3 is 2.73 bits per heavy atom. The van der Waals surface area contributed by atoms with Crippen molar-refractivity contribution in [2.75, 3.05) is 18.5 Å². The number of rotatable bonds is 5. The lowest BCUT2D eigenvalue weighted by Crippen LogP contribution is -2.22. The van der Waals surface area contributed by atoms with Crippen LogP contribution in [0.5, 0.6) is 0 Å². The molecule has 0 spiro atoms. The van der Waals surface area contributed by atoms with E-state index >= 15 is 0 Å². The van der Waals surface area contributed by atoms with E-state index in [1.165, 1.54) is 5.56 Å². The number of anilines is 1. The third kappa shape index (κ3) is 3.73. The van der Waals surface area contributed by atoms with Crippen LogP contribution < -0.4 is 5.32 Å². The lowest BCUT2D eigenvalue weighted by molar-refractivity contribution is 0.182. The van der Waals surface area contributed by atoms with Crippen molar-refractivity contribution in [3.63, 3.8) is 0 Å². The molecule has 0 unspecified atom stereocenters. The fraction of sp³-hybridized carbons (Fsp3) is 0.286. The van der Waals surface area contributed by atoms with E-state index in [1.807, 2.05) is 31.2 Å². The van der Waals surface area contributed by atoms with Gasteiger partial charge < -0.3 is 10.1 Å². The summed E-state index contributed by atoms with van der Waals surface area (Å²) in [7, 11) is 0. The predicted molar refractivity (Wildman–Crippen MR) is 102 cm³/mol. The van der Waals surface area contributed by atoms with Crippen LogP contribution in [-0.4, -0.2) is 28.2 Å². The zero-order valence-corrected chi connectivity index (χ0v) is 14.8. The lowest BCUT2D eigenvalue weighted by atomic mass is 9.92. The Balaban J connectivity index is 1.66. The van der Waals surface area contributed by atoms with Crippen molar-refractivity contribution < 1.29 is 4.74 Å². The fourth-order valence-electron chi connectivity index (χ4n) is 3.38. The molecule has 132 valence electrons. The van der Waals surface area contributed by atoms with Crippen LogP contribution in [0.25, 0.3) is 11.4 Å². The molecule has 1 saturated heterocycles. The molecule has 0 bridgehead atoms. The van der Waals surface area contributed by atoms with E-state index < -0.39 is 0 Å². The van der Waals surface area contributed by atoms with Crippen molar-refractivity contribution in [1.82, 2.24) is 15.0 Å². The van der Waals surface area contributed by atoms with Crippen LogP contribution in [0.4, 0.5) is 5.82 Å². The van der Waals surface area contributed by atoms with Gasteiger partial charge in [-0.3, -0.25) is 4.98 Å². The number of benzene rings is 1. The maximum Gasteiger partial charge on any atom is 0.163 e. The predicted octanol–water partition coefficient (Wildman–Crippen LogP) is 4.04. The lowest BCUT2D eigenvalue weighted by Gasteiger charge is -2.25. The zero-order chi connectivity index (χ0) is 17.8. The maximum atomic E-state index is 5.63. The standard InChI is InChI=1S/C21H22N4O/c1-15-12-19(25-21(23-15)17-8-5-10-22-13-17)24-20(18-9-11-26-14-18)16-6-3-2-4-7-16/h2-8,10,12-13,18,20H,9,11,14H2,1H3,(H,23,24,25)/t18-,20-/m0/s1. The van der Waals surface area contributed by atoms with Crippen LogP contribution in [-0.2, 0) is 4.74 Å². The molecule has 5 nitrogen and oxygen atoms in total. The molecule has 1 fully saturated rings. The average molecular weight is 346 g/mol. The molecule has 4 rings (SSSR count). The SMILES string of the molecule is Cc1cc(N[C@@H](c2ccccc2)[C@H]2CCOC2)nc(-c2cccnc2)n1. The van der Waals surface area contributed by atoms with Crippen molar-refractivity contribution in [1.29, 1.82) is 0 Å². The Morgan fingerprint density at radius 2 is 2.00 bits per heavy atom. The molecule has 26 heavy (non-hydrogen) atoms. The first-order valence-electron chi connectivity index (χ1n) is 8.95. The van der Waals surface area contributed by atoms with Gasteiger partial charge in [-0.25, -0.2) is 9.97 Å². The Morgan fingerprint density at radius 1 is 1.12 bits per heavy atom. The molecular weight excluding hydrogens is 324 g/mol. The van der Waals surface area contributed by atoms with E-state index in [0.717, 1.165) is 36.7 Å².